The fourth-order valence-corrected chi connectivity index (χ4v) is 2.10. The first-order valence-electron chi connectivity index (χ1n) is 5.69. The van der Waals surface area contributed by atoms with E-state index < -0.39 is 17.5 Å². The van der Waals surface area contributed by atoms with E-state index in [0.717, 1.165) is 38.3 Å². The van der Waals surface area contributed by atoms with Crippen LogP contribution in [0.5, 0.6) is 0 Å². The Hall–Kier alpha value is -1.07. The monoisotopic (exact) mass is 244 g/mol. The molecule has 1 aliphatic heterocycles. The van der Waals surface area contributed by atoms with Gasteiger partial charge in [-0.05, 0) is 24.6 Å². The summed E-state index contributed by atoms with van der Waals surface area (Å²) in [4.78, 5) is 2.11. The molecule has 94 valence electrons. The van der Waals surface area contributed by atoms with Crippen LogP contribution in [0.25, 0.3) is 0 Å². The molecule has 2 rings (SSSR count). The topological polar surface area (TPSA) is 15.3 Å². The number of benzene rings is 1. The minimum Gasteiger partial charge on any atom is -0.314 e. The smallest absolute Gasteiger partial charge is 0.194 e. The second-order valence-electron chi connectivity index (χ2n) is 4.26. The first kappa shape index (κ1) is 12.4. The highest BCUT2D eigenvalue weighted by molar-refractivity contribution is 5.22. The van der Waals surface area contributed by atoms with Gasteiger partial charge >= 0.3 is 0 Å². The largest absolute Gasteiger partial charge is 0.314 e. The molecule has 0 radical (unpaired) electrons. The summed E-state index contributed by atoms with van der Waals surface area (Å²) in [7, 11) is 0. The molecule has 1 aromatic carbocycles. The Morgan fingerprint density at radius 1 is 1.12 bits per heavy atom. The molecule has 0 bridgehead atoms. The molecule has 0 amide bonds. The lowest BCUT2D eigenvalue weighted by Crippen LogP contribution is -2.44. The molecule has 1 fully saturated rings. The molecular formula is C12H15F3N2. The van der Waals surface area contributed by atoms with E-state index in [9.17, 15) is 13.2 Å². The van der Waals surface area contributed by atoms with Crippen molar-refractivity contribution in [1.29, 1.82) is 0 Å². The maximum atomic E-state index is 13.1. The summed E-state index contributed by atoms with van der Waals surface area (Å²) in [5.41, 5.74) is 0.475. The van der Waals surface area contributed by atoms with Crippen molar-refractivity contribution in [3.05, 3.63) is 35.1 Å². The van der Waals surface area contributed by atoms with Gasteiger partial charge in [-0.1, -0.05) is 0 Å². The van der Waals surface area contributed by atoms with Crippen LogP contribution in [-0.4, -0.2) is 31.1 Å². The molecule has 1 N–H and O–H groups in total. The van der Waals surface area contributed by atoms with Crippen LogP contribution in [-0.2, 0) is 0 Å². The Labute approximate surface area is 98.4 Å². The van der Waals surface area contributed by atoms with E-state index in [-0.39, 0.29) is 6.04 Å². The van der Waals surface area contributed by atoms with Crippen LogP contribution in [0.3, 0.4) is 0 Å². The zero-order chi connectivity index (χ0) is 12.4. The molecule has 0 aliphatic carbocycles. The normalized spacial score (nSPS) is 19.3. The van der Waals surface area contributed by atoms with Crippen molar-refractivity contribution in [3.8, 4) is 0 Å². The third kappa shape index (κ3) is 2.61. The van der Waals surface area contributed by atoms with Crippen molar-refractivity contribution in [1.82, 2.24) is 10.2 Å². The summed E-state index contributed by atoms with van der Waals surface area (Å²) in [6, 6.07) is 2.04. The van der Waals surface area contributed by atoms with Gasteiger partial charge in [0, 0.05) is 32.2 Å². The highest BCUT2D eigenvalue weighted by Crippen LogP contribution is 2.23. The highest BCUT2D eigenvalue weighted by atomic mass is 19.2. The molecule has 0 aromatic heterocycles. The van der Waals surface area contributed by atoms with Gasteiger partial charge in [-0.2, -0.15) is 0 Å². The summed E-state index contributed by atoms with van der Waals surface area (Å²) in [6.07, 6.45) is 0. The molecule has 1 atom stereocenters. The number of hydrogen-bond acceptors (Lipinski definition) is 2. The molecule has 0 spiro atoms. The van der Waals surface area contributed by atoms with E-state index in [4.69, 9.17) is 0 Å². The van der Waals surface area contributed by atoms with Crippen LogP contribution in [0.15, 0.2) is 12.1 Å². The lowest BCUT2D eigenvalue weighted by atomic mass is 10.1. The van der Waals surface area contributed by atoms with Crippen molar-refractivity contribution >= 4 is 0 Å². The second kappa shape index (κ2) is 5.06. The zero-order valence-electron chi connectivity index (χ0n) is 9.64. The first-order chi connectivity index (χ1) is 8.09. The van der Waals surface area contributed by atoms with Crippen LogP contribution >= 0.6 is 0 Å². The maximum Gasteiger partial charge on any atom is 0.194 e. The van der Waals surface area contributed by atoms with Gasteiger partial charge in [-0.25, -0.2) is 13.2 Å². The molecule has 17 heavy (non-hydrogen) atoms. The summed E-state index contributed by atoms with van der Waals surface area (Å²) < 4.78 is 39.1. The minimum atomic E-state index is -1.40. The molecule has 5 heteroatoms. The van der Waals surface area contributed by atoms with E-state index in [1.807, 2.05) is 6.92 Å². The molecule has 0 saturated carbocycles. The van der Waals surface area contributed by atoms with Crippen LogP contribution in [0.1, 0.15) is 18.5 Å². The van der Waals surface area contributed by atoms with Gasteiger partial charge in [0.2, 0.25) is 0 Å². The number of nitrogens with one attached hydrogen (secondary N) is 1. The predicted molar refractivity (Wildman–Crippen MR) is 59.2 cm³/mol. The van der Waals surface area contributed by atoms with E-state index in [1.54, 1.807) is 0 Å². The van der Waals surface area contributed by atoms with Crippen LogP contribution < -0.4 is 5.32 Å². The van der Waals surface area contributed by atoms with Crippen molar-refractivity contribution in [2.75, 3.05) is 26.2 Å². The SMILES string of the molecule is C[C@H](c1cc(F)c(F)c(F)c1)N1CCNCC1. The average molecular weight is 244 g/mol. The van der Waals surface area contributed by atoms with Gasteiger partial charge in [-0.3, -0.25) is 4.90 Å². The number of piperazine rings is 1. The van der Waals surface area contributed by atoms with Gasteiger partial charge in [0.05, 0.1) is 0 Å². The molecule has 1 aliphatic rings. The van der Waals surface area contributed by atoms with Crippen molar-refractivity contribution in [3.63, 3.8) is 0 Å². The summed E-state index contributed by atoms with van der Waals surface area (Å²) >= 11 is 0. The summed E-state index contributed by atoms with van der Waals surface area (Å²) in [5.74, 6) is -3.65. The highest BCUT2D eigenvalue weighted by Gasteiger charge is 2.20. The van der Waals surface area contributed by atoms with Gasteiger partial charge < -0.3 is 5.32 Å². The summed E-state index contributed by atoms with van der Waals surface area (Å²) in [5, 5.41) is 3.20. The fourth-order valence-electron chi connectivity index (χ4n) is 2.10. The third-order valence-corrected chi connectivity index (χ3v) is 3.19. The third-order valence-electron chi connectivity index (χ3n) is 3.19. The number of halogens is 3. The lowest BCUT2D eigenvalue weighted by molar-refractivity contribution is 0.184. The van der Waals surface area contributed by atoms with E-state index >= 15 is 0 Å². The Bertz CT molecular complexity index is 380. The number of nitrogens with zero attached hydrogens (tertiary/aromatic N) is 1. The number of hydrogen-bond donors (Lipinski definition) is 1. The standard InChI is InChI=1S/C12H15F3N2/c1-8(17-4-2-16-3-5-17)9-6-10(13)12(15)11(14)7-9/h6-8,16H,2-5H2,1H3/t8-/m1/s1. The van der Waals surface area contributed by atoms with Crippen LogP contribution in [0.4, 0.5) is 13.2 Å². The quantitative estimate of drug-likeness (QED) is 0.801. The first-order valence-corrected chi connectivity index (χ1v) is 5.69. The second-order valence-corrected chi connectivity index (χ2v) is 4.26. The summed E-state index contributed by atoms with van der Waals surface area (Å²) in [6.45, 7) is 5.23. The number of rotatable bonds is 2. The maximum absolute atomic E-state index is 13.1. The Kier molecular flexibility index (Phi) is 3.69. The van der Waals surface area contributed by atoms with E-state index in [1.165, 1.54) is 0 Å². The van der Waals surface area contributed by atoms with Gasteiger partial charge in [-0.15, -0.1) is 0 Å². The molecule has 2 nitrogen and oxygen atoms in total. The molecule has 1 saturated heterocycles. The molecular weight excluding hydrogens is 229 g/mol. The van der Waals surface area contributed by atoms with Gasteiger partial charge in [0.1, 0.15) is 0 Å². The zero-order valence-corrected chi connectivity index (χ0v) is 9.64. The predicted octanol–water partition coefficient (Wildman–Crippen LogP) is 2.07. The van der Waals surface area contributed by atoms with Crippen LogP contribution in [0, 0.1) is 17.5 Å². The van der Waals surface area contributed by atoms with E-state index in [2.05, 4.69) is 10.2 Å². The van der Waals surface area contributed by atoms with E-state index in [0.29, 0.717) is 5.56 Å². The van der Waals surface area contributed by atoms with Crippen LogP contribution in [0.2, 0.25) is 0 Å². The average Bonchev–Trinajstić information content (AvgIpc) is 2.35. The van der Waals surface area contributed by atoms with Crippen molar-refractivity contribution in [2.45, 2.75) is 13.0 Å². The molecule has 1 heterocycles. The van der Waals surface area contributed by atoms with Crippen molar-refractivity contribution in [2.24, 2.45) is 0 Å². The lowest BCUT2D eigenvalue weighted by Gasteiger charge is -2.33. The Morgan fingerprint density at radius 3 is 2.18 bits per heavy atom. The molecule has 1 aromatic rings. The fraction of sp³-hybridized carbons (Fsp3) is 0.500. The van der Waals surface area contributed by atoms with Crippen molar-refractivity contribution < 1.29 is 13.2 Å². The van der Waals surface area contributed by atoms with Gasteiger partial charge in [0.25, 0.3) is 0 Å². The molecule has 0 unspecified atom stereocenters. The van der Waals surface area contributed by atoms with Gasteiger partial charge in [0.15, 0.2) is 17.5 Å². The Morgan fingerprint density at radius 2 is 1.65 bits per heavy atom. The minimum absolute atomic E-state index is 0.110. The Balaban J connectivity index is 2.21.